The molecule has 1 fully saturated rings. The topological polar surface area (TPSA) is 116 Å². The molecule has 10 nitrogen and oxygen atoms in total. The molecule has 2 N–H and O–H groups in total. The van der Waals surface area contributed by atoms with Gasteiger partial charge in [-0.2, -0.15) is 4.98 Å². The van der Waals surface area contributed by atoms with Gasteiger partial charge in [0.2, 0.25) is 5.82 Å². The van der Waals surface area contributed by atoms with Crippen molar-refractivity contribution >= 4 is 5.91 Å². The van der Waals surface area contributed by atoms with E-state index in [-0.39, 0.29) is 24.2 Å². The number of rotatable bonds is 4. The summed E-state index contributed by atoms with van der Waals surface area (Å²) in [5, 5.41) is 25.1. The van der Waals surface area contributed by atoms with Crippen LogP contribution in [0.1, 0.15) is 22.6 Å². The number of benzene rings is 1. The second kappa shape index (κ2) is 7.13. The minimum Gasteiger partial charge on any atom is -0.389 e. The van der Waals surface area contributed by atoms with Crippen LogP contribution >= 0.6 is 0 Å². The predicted octanol–water partition coefficient (Wildman–Crippen LogP) is 0.0493. The lowest BCUT2D eigenvalue weighted by Crippen LogP contribution is -2.61. The van der Waals surface area contributed by atoms with Gasteiger partial charge in [0.25, 0.3) is 11.9 Å². The van der Waals surface area contributed by atoms with E-state index >= 15 is 0 Å². The molecule has 1 amide bonds. The van der Waals surface area contributed by atoms with Crippen LogP contribution in [0, 0.1) is 0 Å². The Morgan fingerprint density at radius 3 is 2.61 bits per heavy atom. The maximum Gasteiger partial charge on any atom is 0.291 e. The zero-order valence-corrected chi connectivity index (χ0v) is 15.7. The van der Waals surface area contributed by atoms with Gasteiger partial charge < -0.3 is 10.0 Å². The van der Waals surface area contributed by atoms with Crippen LogP contribution in [0.5, 0.6) is 0 Å². The van der Waals surface area contributed by atoms with E-state index in [2.05, 4.69) is 25.4 Å². The van der Waals surface area contributed by atoms with Crippen molar-refractivity contribution in [3.8, 4) is 5.95 Å². The first kappa shape index (κ1) is 18.3. The van der Waals surface area contributed by atoms with E-state index in [9.17, 15) is 9.90 Å². The molecule has 2 aromatic heterocycles. The lowest BCUT2D eigenvalue weighted by atomic mass is 9.77. The molecular formula is C18H22N8O2. The summed E-state index contributed by atoms with van der Waals surface area (Å²) in [6.07, 6.45) is 2.76. The van der Waals surface area contributed by atoms with E-state index in [4.69, 9.17) is 0 Å². The number of nitrogens with one attached hydrogen (secondary N) is 1. The van der Waals surface area contributed by atoms with Crippen LogP contribution in [-0.4, -0.2) is 84.0 Å². The maximum absolute atomic E-state index is 12.9. The van der Waals surface area contributed by atoms with E-state index in [0.29, 0.717) is 13.0 Å². The number of likely N-dealkylation sites (tertiary alicyclic amines) is 1. The third-order valence-electron chi connectivity index (χ3n) is 5.39. The quantitative estimate of drug-likeness (QED) is 0.655. The van der Waals surface area contributed by atoms with E-state index in [1.807, 2.05) is 49.3 Å². The molecule has 3 heterocycles. The Hall–Kier alpha value is -3.11. The van der Waals surface area contributed by atoms with Gasteiger partial charge in [-0.25, -0.2) is 0 Å². The van der Waals surface area contributed by atoms with Crippen LogP contribution in [-0.2, 0) is 5.54 Å². The first-order chi connectivity index (χ1) is 13.5. The molecule has 1 aliphatic heterocycles. The highest BCUT2D eigenvalue weighted by Gasteiger charge is 2.46. The fourth-order valence-corrected chi connectivity index (χ4v) is 3.87. The van der Waals surface area contributed by atoms with Crippen LogP contribution < -0.4 is 0 Å². The van der Waals surface area contributed by atoms with Crippen LogP contribution in [0.2, 0.25) is 0 Å². The Balaban J connectivity index is 1.54. The lowest BCUT2D eigenvalue weighted by molar-refractivity contribution is -0.0614. The van der Waals surface area contributed by atoms with E-state index < -0.39 is 11.6 Å². The van der Waals surface area contributed by atoms with Crippen molar-refractivity contribution in [1.82, 2.24) is 39.7 Å². The number of aromatic amines is 1. The Morgan fingerprint density at radius 2 is 1.96 bits per heavy atom. The molecular weight excluding hydrogens is 360 g/mol. The average molecular weight is 382 g/mol. The first-order valence-electron chi connectivity index (χ1n) is 9.00. The summed E-state index contributed by atoms with van der Waals surface area (Å²) in [6, 6.07) is 9.91. The summed E-state index contributed by atoms with van der Waals surface area (Å²) < 4.78 is 1.50. The van der Waals surface area contributed by atoms with Crippen LogP contribution in [0.4, 0.5) is 0 Å². The number of piperidine rings is 1. The van der Waals surface area contributed by atoms with Crippen LogP contribution in [0.25, 0.3) is 5.95 Å². The Kier molecular flexibility index (Phi) is 4.65. The fraction of sp³-hybridized carbons (Fsp3) is 0.389. The third kappa shape index (κ3) is 2.96. The molecule has 2 atom stereocenters. The zero-order chi connectivity index (χ0) is 19.7. The van der Waals surface area contributed by atoms with Crippen molar-refractivity contribution in [3.63, 3.8) is 0 Å². The summed E-state index contributed by atoms with van der Waals surface area (Å²) in [5.41, 5.74) is 0.488. The SMILES string of the molecule is CN(C)[C@]1(c2ccccc2)CCN(C(=O)c2nc(-n3cnnc3)n[nH]2)C[C@H]1O. The Bertz CT molecular complexity index is 940. The number of aliphatic hydroxyl groups excluding tert-OH is 1. The molecule has 1 aromatic carbocycles. The number of carbonyl (C=O) groups excluding carboxylic acids is 1. The van der Waals surface area contributed by atoms with Crippen molar-refractivity contribution < 1.29 is 9.90 Å². The zero-order valence-electron chi connectivity index (χ0n) is 15.7. The number of aromatic nitrogens is 6. The average Bonchev–Trinajstić information content (AvgIpc) is 3.39. The molecule has 0 saturated carbocycles. The molecule has 0 aliphatic carbocycles. The van der Waals surface area contributed by atoms with Crippen molar-refractivity contribution in [2.45, 2.75) is 18.1 Å². The van der Waals surface area contributed by atoms with Gasteiger partial charge in [0.15, 0.2) is 0 Å². The number of hydrogen-bond acceptors (Lipinski definition) is 7. The normalized spacial score (nSPS) is 22.6. The summed E-state index contributed by atoms with van der Waals surface area (Å²) in [5.74, 6) is 0.108. The van der Waals surface area contributed by atoms with Gasteiger partial charge in [-0.3, -0.25) is 19.4 Å². The van der Waals surface area contributed by atoms with Crippen LogP contribution in [0.3, 0.4) is 0 Å². The highest BCUT2D eigenvalue weighted by molar-refractivity contribution is 5.90. The molecule has 1 saturated heterocycles. The monoisotopic (exact) mass is 382 g/mol. The molecule has 0 radical (unpaired) electrons. The fourth-order valence-electron chi connectivity index (χ4n) is 3.87. The molecule has 4 rings (SSSR count). The lowest BCUT2D eigenvalue weighted by Gasteiger charge is -2.49. The summed E-state index contributed by atoms with van der Waals surface area (Å²) in [6.45, 7) is 0.695. The van der Waals surface area contributed by atoms with Crippen molar-refractivity contribution in [3.05, 3.63) is 54.4 Å². The number of amides is 1. The van der Waals surface area contributed by atoms with E-state index in [1.54, 1.807) is 4.90 Å². The predicted molar refractivity (Wildman–Crippen MR) is 99.6 cm³/mol. The van der Waals surface area contributed by atoms with Crippen LogP contribution in [0.15, 0.2) is 43.0 Å². The molecule has 28 heavy (non-hydrogen) atoms. The third-order valence-corrected chi connectivity index (χ3v) is 5.39. The maximum atomic E-state index is 12.9. The smallest absolute Gasteiger partial charge is 0.291 e. The van der Waals surface area contributed by atoms with Gasteiger partial charge in [0.05, 0.1) is 11.6 Å². The summed E-state index contributed by atoms with van der Waals surface area (Å²) in [7, 11) is 3.91. The number of carbonyl (C=O) groups is 1. The second-order valence-electron chi connectivity index (χ2n) is 7.05. The highest BCUT2D eigenvalue weighted by atomic mass is 16.3. The second-order valence-corrected chi connectivity index (χ2v) is 7.05. The van der Waals surface area contributed by atoms with Gasteiger partial charge in [-0.15, -0.1) is 15.3 Å². The molecule has 0 unspecified atom stereocenters. The molecule has 0 spiro atoms. The number of aliphatic hydroxyl groups is 1. The van der Waals surface area contributed by atoms with E-state index in [0.717, 1.165) is 5.56 Å². The Labute approximate surface area is 161 Å². The largest absolute Gasteiger partial charge is 0.389 e. The number of H-pyrrole nitrogens is 1. The number of β-amino-alcohol motifs (C(OH)–C–C–N with tert-alkyl or cyclic N) is 1. The van der Waals surface area contributed by atoms with Gasteiger partial charge >= 0.3 is 0 Å². The number of hydrogen-bond donors (Lipinski definition) is 2. The van der Waals surface area contributed by atoms with Crippen molar-refractivity contribution in [2.75, 3.05) is 27.2 Å². The highest BCUT2D eigenvalue weighted by Crippen LogP contribution is 2.37. The standard InChI is InChI=1S/C18H22N8O2/c1-24(2)18(13-6-4-3-5-7-13)8-9-25(10-14(18)27)16(28)15-21-17(23-22-15)26-11-19-20-12-26/h3-7,11-12,14,27H,8-10H2,1-2H3,(H,21,22,23)/t14-,18+/m1/s1. The van der Waals surface area contributed by atoms with E-state index in [1.165, 1.54) is 17.2 Å². The van der Waals surface area contributed by atoms with Gasteiger partial charge in [0.1, 0.15) is 12.7 Å². The molecule has 0 bridgehead atoms. The number of likely N-dealkylation sites (N-methyl/N-ethyl adjacent to an activating group) is 1. The van der Waals surface area contributed by atoms with Crippen molar-refractivity contribution in [2.24, 2.45) is 0 Å². The molecule has 3 aromatic rings. The van der Waals surface area contributed by atoms with Gasteiger partial charge in [-0.1, -0.05) is 30.3 Å². The Morgan fingerprint density at radius 1 is 1.25 bits per heavy atom. The van der Waals surface area contributed by atoms with Gasteiger partial charge in [0, 0.05) is 13.1 Å². The molecule has 1 aliphatic rings. The summed E-state index contributed by atoms with van der Waals surface area (Å²) >= 11 is 0. The molecule has 10 heteroatoms. The first-order valence-corrected chi connectivity index (χ1v) is 9.00. The number of nitrogens with zero attached hydrogens (tertiary/aromatic N) is 7. The van der Waals surface area contributed by atoms with Crippen molar-refractivity contribution in [1.29, 1.82) is 0 Å². The minimum atomic E-state index is -0.747. The minimum absolute atomic E-state index is 0.118. The molecule has 146 valence electrons. The summed E-state index contributed by atoms with van der Waals surface area (Å²) in [4.78, 5) is 20.7. The van der Waals surface area contributed by atoms with Gasteiger partial charge in [-0.05, 0) is 26.1 Å².